The zero-order valence-corrected chi connectivity index (χ0v) is 10.6. The van der Waals surface area contributed by atoms with Crippen LogP contribution in [0.25, 0.3) is 0 Å². The Bertz CT molecular complexity index is 485. The minimum absolute atomic E-state index is 0.0843. The number of esters is 1. The van der Waals surface area contributed by atoms with E-state index in [-0.39, 0.29) is 23.6 Å². The summed E-state index contributed by atoms with van der Waals surface area (Å²) >= 11 is 11.6. The third kappa shape index (κ3) is 2.45. The van der Waals surface area contributed by atoms with Gasteiger partial charge >= 0.3 is 5.97 Å². The van der Waals surface area contributed by atoms with Gasteiger partial charge in [-0.25, -0.2) is 0 Å². The van der Waals surface area contributed by atoms with E-state index in [9.17, 15) is 9.59 Å². The quantitative estimate of drug-likeness (QED) is 0.628. The van der Waals surface area contributed by atoms with Crippen molar-refractivity contribution >= 4 is 35.0 Å². The first-order valence-electron chi connectivity index (χ1n) is 5.11. The monoisotopic (exact) mass is 272 g/mol. The molecule has 5 heteroatoms. The van der Waals surface area contributed by atoms with E-state index in [1.54, 1.807) is 12.1 Å². The Balaban J connectivity index is 2.12. The van der Waals surface area contributed by atoms with E-state index < -0.39 is 0 Å². The highest BCUT2D eigenvalue weighted by molar-refractivity contribution is 6.42. The molecule has 0 heterocycles. The highest BCUT2D eigenvalue weighted by Gasteiger charge is 2.48. The summed E-state index contributed by atoms with van der Waals surface area (Å²) in [5.41, 5.74) is 0.482. The van der Waals surface area contributed by atoms with Gasteiger partial charge in [-0.05, 0) is 24.6 Å². The van der Waals surface area contributed by atoms with Gasteiger partial charge in [0.1, 0.15) is 0 Å². The first-order chi connectivity index (χ1) is 8.04. The van der Waals surface area contributed by atoms with Crippen LogP contribution in [0.2, 0.25) is 10.0 Å². The van der Waals surface area contributed by atoms with Crippen LogP contribution in [0, 0.1) is 11.8 Å². The second kappa shape index (κ2) is 4.67. The summed E-state index contributed by atoms with van der Waals surface area (Å²) in [5.74, 6) is -0.996. The second-order valence-corrected chi connectivity index (χ2v) is 4.78. The predicted molar refractivity (Wildman–Crippen MR) is 64.4 cm³/mol. The fraction of sp³-hybridized carbons (Fsp3) is 0.333. The molecule has 2 atom stereocenters. The van der Waals surface area contributed by atoms with Gasteiger partial charge in [-0.3, -0.25) is 9.59 Å². The van der Waals surface area contributed by atoms with E-state index in [4.69, 9.17) is 23.2 Å². The molecule has 3 nitrogen and oxygen atoms in total. The van der Waals surface area contributed by atoms with Crippen molar-refractivity contribution in [3.05, 3.63) is 33.8 Å². The van der Waals surface area contributed by atoms with Crippen LogP contribution in [-0.2, 0) is 9.53 Å². The van der Waals surface area contributed by atoms with Crippen molar-refractivity contribution in [1.82, 2.24) is 0 Å². The molecule has 2 rings (SSSR count). The summed E-state index contributed by atoms with van der Waals surface area (Å²) in [6.07, 6.45) is 0.547. The summed E-state index contributed by atoms with van der Waals surface area (Å²) in [6.45, 7) is 0. The minimum atomic E-state index is -0.330. The summed E-state index contributed by atoms with van der Waals surface area (Å²) in [4.78, 5) is 23.2. The molecule has 0 aliphatic heterocycles. The van der Waals surface area contributed by atoms with Crippen LogP contribution in [0.5, 0.6) is 0 Å². The summed E-state index contributed by atoms with van der Waals surface area (Å²) in [6, 6.07) is 4.72. The maximum atomic E-state index is 12.0. The molecule has 0 saturated heterocycles. The predicted octanol–water partition coefficient (Wildman–Crippen LogP) is 2.99. The summed E-state index contributed by atoms with van der Waals surface area (Å²) in [5, 5.41) is 0.747. The molecule has 1 saturated carbocycles. The van der Waals surface area contributed by atoms with Crippen molar-refractivity contribution < 1.29 is 14.3 Å². The molecule has 1 aromatic carbocycles. The Hall–Kier alpha value is -1.06. The van der Waals surface area contributed by atoms with Gasteiger partial charge in [-0.1, -0.05) is 23.2 Å². The molecule has 2 unspecified atom stereocenters. The number of Topliss-reactive ketones (excluding diaryl/α,β-unsaturated/α-hetero) is 1. The highest BCUT2D eigenvalue weighted by Crippen LogP contribution is 2.42. The zero-order valence-electron chi connectivity index (χ0n) is 9.07. The van der Waals surface area contributed by atoms with Crippen LogP contribution in [0.3, 0.4) is 0 Å². The molecule has 1 aliphatic rings. The van der Waals surface area contributed by atoms with E-state index in [2.05, 4.69) is 4.74 Å². The molecule has 0 amide bonds. The lowest BCUT2D eigenvalue weighted by atomic mass is 10.1. The molecule has 0 bridgehead atoms. The smallest absolute Gasteiger partial charge is 0.309 e. The number of halogens is 2. The standard InChI is InChI=1S/C12H10Cl2O3/c1-17-12(16)8-5-7(8)11(15)6-2-3-9(13)10(14)4-6/h2-4,7-8H,5H2,1H3. The number of methoxy groups -OCH3 is 1. The number of hydrogen-bond donors (Lipinski definition) is 0. The Kier molecular flexibility index (Phi) is 3.40. The fourth-order valence-corrected chi connectivity index (χ4v) is 2.06. The number of ketones is 1. The first-order valence-corrected chi connectivity index (χ1v) is 5.87. The maximum Gasteiger partial charge on any atom is 0.309 e. The van der Waals surface area contributed by atoms with Crippen LogP contribution >= 0.6 is 23.2 Å². The van der Waals surface area contributed by atoms with Gasteiger partial charge in [0.15, 0.2) is 5.78 Å². The number of rotatable bonds is 3. The first kappa shape index (κ1) is 12.4. The largest absolute Gasteiger partial charge is 0.469 e. The lowest BCUT2D eigenvalue weighted by Gasteiger charge is -2.02. The molecular weight excluding hydrogens is 263 g/mol. The second-order valence-electron chi connectivity index (χ2n) is 3.96. The van der Waals surface area contributed by atoms with E-state index >= 15 is 0 Å². The van der Waals surface area contributed by atoms with Crippen LogP contribution in [0.4, 0.5) is 0 Å². The third-order valence-electron chi connectivity index (χ3n) is 2.84. The van der Waals surface area contributed by atoms with Gasteiger partial charge in [-0.15, -0.1) is 0 Å². The van der Waals surface area contributed by atoms with Gasteiger partial charge in [0.25, 0.3) is 0 Å². The van der Waals surface area contributed by atoms with Gasteiger partial charge in [0, 0.05) is 11.5 Å². The van der Waals surface area contributed by atoms with Crippen LogP contribution in [0.1, 0.15) is 16.8 Å². The Morgan fingerprint density at radius 1 is 1.24 bits per heavy atom. The molecule has 0 radical (unpaired) electrons. The van der Waals surface area contributed by atoms with Gasteiger partial charge in [-0.2, -0.15) is 0 Å². The van der Waals surface area contributed by atoms with Crippen molar-refractivity contribution in [3.63, 3.8) is 0 Å². The average Bonchev–Trinajstić information content (AvgIpc) is 3.11. The van der Waals surface area contributed by atoms with Crippen molar-refractivity contribution in [3.8, 4) is 0 Å². The minimum Gasteiger partial charge on any atom is -0.469 e. The molecule has 90 valence electrons. The van der Waals surface area contributed by atoms with Gasteiger partial charge in [0.05, 0.1) is 23.1 Å². The molecule has 17 heavy (non-hydrogen) atoms. The van der Waals surface area contributed by atoms with E-state index in [1.165, 1.54) is 13.2 Å². The third-order valence-corrected chi connectivity index (χ3v) is 3.57. The Morgan fingerprint density at radius 3 is 2.53 bits per heavy atom. The molecule has 0 N–H and O–H groups in total. The topological polar surface area (TPSA) is 43.4 Å². The summed E-state index contributed by atoms with van der Waals surface area (Å²) < 4.78 is 4.59. The average molecular weight is 273 g/mol. The number of carbonyl (C=O) groups is 2. The van der Waals surface area contributed by atoms with Crippen molar-refractivity contribution in [2.75, 3.05) is 7.11 Å². The van der Waals surface area contributed by atoms with Crippen molar-refractivity contribution in [2.24, 2.45) is 11.8 Å². The van der Waals surface area contributed by atoms with E-state index in [0.29, 0.717) is 22.0 Å². The van der Waals surface area contributed by atoms with Crippen LogP contribution in [-0.4, -0.2) is 18.9 Å². The highest BCUT2D eigenvalue weighted by atomic mass is 35.5. The molecule has 1 fully saturated rings. The van der Waals surface area contributed by atoms with Gasteiger partial charge in [0.2, 0.25) is 0 Å². The lowest BCUT2D eigenvalue weighted by Crippen LogP contribution is -2.10. The van der Waals surface area contributed by atoms with Crippen molar-refractivity contribution in [2.45, 2.75) is 6.42 Å². The summed E-state index contributed by atoms with van der Waals surface area (Å²) in [7, 11) is 1.32. The molecule has 1 aromatic rings. The normalized spacial score (nSPS) is 22.1. The number of carbonyl (C=O) groups excluding carboxylic acids is 2. The van der Waals surface area contributed by atoms with Gasteiger partial charge < -0.3 is 4.74 Å². The molecule has 0 aromatic heterocycles. The SMILES string of the molecule is COC(=O)C1CC1C(=O)c1ccc(Cl)c(Cl)c1. The molecule has 1 aliphatic carbocycles. The number of benzene rings is 1. The van der Waals surface area contributed by atoms with Crippen molar-refractivity contribution in [1.29, 1.82) is 0 Å². The molecule has 0 spiro atoms. The number of hydrogen-bond acceptors (Lipinski definition) is 3. The lowest BCUT2D eigenvalue weighted by molar-refractivity contribution is -0.142. The Morgan fingerprint density at radius 2 is 1.94 bits per heavy atom. The van der Waals surface area contributed by atoms with Crippen LogP contribution in [0.15, 0.2) is 18.2 Å². The maximum absolute atomic E-state index is 12.0. The zero-order chi connectivity index (χ0) is 12.6. The fourth-order valence-electron chi connectivity index (χ4n) is 1.76. The Labute approximate surface area is 109 Å². The molecular formula is C12H10Cl2O3. The van der Waals surface area contributed by atoms with Crippen LogP contribution < -0.4 is 0 Å². The van der Waals surface area contributed by atoms with E-state index in [0.717, 1.165) is 0 Å². The van der Waals surface area contributed by atoms with E-state index in [1.807, 2.05) is 0 Å². The number of ether oxygens (including phenoxy) is 1.